The van der Waals surface area contributed by atoms with Crippen LogP contribution in [0.2, 0.25) is 0 Å². The molecule has 0 amide bonds. The lowest BCUT2D eigenvalue weighted by atomic mass is 10.1. The third-order valence-electron chi connectivity index (χ3n) is 2.11. The first kappa shape index (κ1) is 13.0. The van der Waals surface area contributed by atoms with Crippen LogP contribution in [0.15, 0.2) is 24.3 Å². The van der Waals surface area contributed by atoms with Crippen LogP contribution in [0, 0.1) is 5.92 Å². The highest BCUT2D eigenvalue weighted by Gasteiger charge is 2.12. The molecule has 16 heavy (non-hydrogen) atoms. The van der Waals surface area contributed by atoms with E-state index in [1.165, 1.54) is 6.92 Å². The molecule has 0 fully saturated rings. The van der Waals surface area contributed by atoms with Crippen LogP contribution in [-0.2, 0) is 4.79 Å². The number of rotatable bonds is 5. The van der Waals surface area contributed by atoms with Gasteiger partial charge >= 0.3 is 0 Å². The van der Waals surface area contributed by atoms with E-state index >= 15 is 0 Å². The number of Topliss-reactive ketones (excluding diaryl/α,β-unsaturated/α-hetero) is 1. The van der Waals surface area contributed by atoms with Crippen LogP contribution in [0.4, 0.5) is 0 Å². The van der Waals surface area contributed by atoms with Gasteiger partial charge in [0.2, 0.25) is 0 Å². The topological polar surface area (TPSA) is 26.3 Å². The average molecular weight is 241 g/mol. The van der Waals surface area contributed by atoms with Gasteiger partial charge in [0.05, 0.1) is 6.61 Å². The first-order valence-electron chi connectivity index (χ1n) is 5.38. The second kappa shape index (κ2) is 5.90. The first-order chi connectivity index (χ1) is 7.50. The summed E-state index contributed by atoms with van der Waals surface area (Å²) in [5.41, 5.74) is 0.811. The summed E-state index contributed by atoms with van der Waals surface area (Å²) in [5, 5.41) is -0.556. The Balaban J connectivity index is 2.64. The Hall–Kier alpha value is -1.02. The molecule has 1 rings (SSSR count). The Labute approximate surface area is 102 Å². The largest absolute Gasteiger partial charge is 0.493 e. The normalized spacial score (nSPS) is 12.6. The standard InChI is InChI=1S/C13H17ClO2/c1-9(2)8-16-12-6-4-11(5-7-12)13(14)10(3)15/h4-7,9,13H,8H2,1-3H3. The number of hydrogen-bond donors (Lipinski definition) is 0. The smallest absolute Gasteiger partial charge is 0.152 e. The minimum absolute atomic E-state index is 0.0440. The van der Waals surface area contributed by atoms with Gasteiger partial charge in [-0.15, -0.1) is 11.6 Å². The van der Waals surface area contributed by atoms with Crippen molar-refractivity contribution < 1.29 is 9.53 Å². The zero-order chi connectivity index (χ0) is 12.1. The van der Waals surface area contributed by atoms with Crippen LogP contribution in [0.1, 0.15) is 31.7 Å². The first-order valence-corrected chi connectivity index (χ1v) is 5.81. The number of halogens is 1. The van der Waals surface area contributed by atoms with Gasteiger partial charge in [0.1, 0.15) is 11.1 Å². The maximum atomic E-state index is 11.1. The molecule has 0 aliphatic carbocycles. The monoisotopic (exact) mass is 240 g/mol. The van der Waals surface area contributed by atoms with Crippen molar-refractivity contribution in [2.24, 2.45) is 5.92 Å². The van der Waals surface area contributed by atoms with E-state index in [0.29, 0.717) is 12.5 Å². The summed E-state index contributed by atoms with van der Waals surface area (Å²) < 4.78 is 5.53. The van der Waals surface area contributed by atoms with Crippen LogP contribution in [-0.4, -0.2) is 12.4 Å². The van der Waals surface area contributed by atoms with Gasteiger partial charge in [-0.05, 0) is 30.5 Å². The summed E-state index contributed by atoms with van der Waals surface area (Å²) in [6.07, 6.45) is 0. The molecular weight excluding hydrogens is 224 g/mol. The molecule has 0 radical (unpaired) electrons. The third-order valence-corrected chi connectivity index (χ3v) is 2.67. The summed E-state index contributed by atoms with van der Waals surface area (Å²) in [5.74, 6) is 1.26. The Morgan fingerprint density at radius 2 is 1.88 bits per heavy atom. The molecule has 0 bridgehead atoms. The maximum absolute atomic E-state index is 11.1. The van der Waals surface area contributed by atoms with E-state index in [4.69, 9.17) is 16.3 Å². The van der Waals surface area contributed by atoms with Crippen LogP contribution < -0.4 is 4.74 Å². The predicted octanol–water partition coefficient (Wildman–Crippen LogP) is 3.59. The molecule has 0 spiro atoms. The van der Waals surface area contributed by atoms with Crippen molar-refractivity contribution in [1.82, 2.24) is 0 Å². The molecule has 1 unspecified atom stereocenters. The fourth-order valence-corrected chi connectivity index (χ4v) is 1.38. The Kier molecular flexibility index (Phi) is 4.81. The van der Waals surface area contributed by atoms with Gasteiger partial charge in [-0.1, -0.05) is 26.0 Å². The van der Waals surface area contributed by atoms with Crippen molar-refractivity contribution >= 4 is 17.4 Å². The number of benzene rings is 1. The molecule has 2 nitrogen and oxygen atoms in total. The molecule has 1 aromatic carbocycles. The molecule has 1 aromatic rings. The van der Waals surface area contributed by atoms with E-state index in [0.717, 1.165) is 11.3 Å². The van der Waals surface area contributed by atoms with Crippen molar-refractivity contribution in [1.29, 1.82) is 0 Å². The predicted molar refractivity (Wildman–Crippen MR) is 66.1 cm³/mol. The summed E-state index contributed by atoms with van der Waals surface area (Å²) in [6, 6.07) is 7.34. The van der Waals surface area contributed by atoms with Gasteiger partial charge in [0.25, 0.3) is 0 Å². The zero-order valence-corrected chi connectivity index (χ0v) is 10.6. The average Bonchev–Trinajstić information content (AvgIpc) is 2.26. The second-order valence-electron chi connectivity index (χ2n) is 4.25. The fourth-order valence-electron chi connectivity index (χ4n) is 1.23. The molecule has 1 atom stereocenters. The van der Waals surface area contributed by atoms with Gasteiger partial charge in [0.15, 0.2) is 5.78 Å². The zero-order valence-electron chi connectivity index (χ0n) is 9.87. The minimum Gasteiger partial charge on any atom is -0.493 e. The van der Waals surface area contributed by atoms with Crippen molar-refractivity contribution in [3.05, 3.63) is 29.8 Å². The summed E-state index contributed by atoms with van der Waals surface area (Å²) >= 11 is 5.93. The second-order valence-corrected chi connectivity index (χ2v) is 4.68. The Bertz CT molecular complexity index is 343. The number of carbonyl (C=O) groups excluding carboxylic acids is 1. The molecule has 3 heteroatoms. The van der Waals surface area contributed by atoms with Gasteiger partial charge in [-0.3, -0.25) is 4.79 Å². The van der Waals surface area contributed by atoms with Crippen LogP contribution >= 0.6 is 11.6 Å². The van der Waals surface area contributed by atoms with Crippen LogP contribution in [0.25, 0.3) is 0 Å². The van der Waals surface area contributed by atoms with E-state index < -0.39 is 5.38 Å². The molecule has 0 aliphatic rings. The molecule has 88 valence electrons. The van der Waals surface area contributed by atoms with E-state index in [1.54, 1.807) is 0 Å². The highest BCUT2D eigenvalue weighted by molar-refractivity contribution is 6.30. The number of carbonyl (C=O) groups is 1. The van der Waals surface area contributed by atoms with E-state index in [9.17, 15) is 4.79 Å². The van der Waals surface area contributed by atoms with Crippen molar-refractivity contribution in [2.45, 2.75) is 26.1 Å². The molecule has 0 heterocycles. The van der Waals surface area contributed by atoms with Gasteiger partial charge in [-0.2, -0.15) is 0 Å². The Morgan fingerprint density at radius 3 is 2.31 bits per heavy atom. The minimum atomic E-state index is -0.556. The summed E-state index contributed by atoms with van der Waals surface area (Å²) in [7, 11) is 0. The molecular formula is C13H17ClO2. The molecule has 0 aromatic heterocycles. The Morgan fingerprint density at radius 1 is 1.31 bits per heavy atom. The van der Waals surface area contributed by atoms with E-state index in [-0.39, 0.29) is 5.78 Å². The molecule has 0 saturated carbocycles. The van der Waals surface area contributed by atoms with Crippen molar-refractivity contribution in [3.63, 3.8) is 0 Å². The van der Waals surface area contributed by atoms with Crippen molar-refractivity contribution in [3.8, 4) is 5.75 Å². The molecule has 0 saturated heterocycles. The number of ketones is 1. The van der Waals surface area contributed by atoms with Crippen molar-refractivity contribution in [2.75, 3.05) is 6.61 Å². The van der Waals surface area contributed by atoms with Crippen LogP contribution in [0.3, 0.4) is 0 Å². The van der Waals surface area contributed by atoms with Crippen LogP contribution in [0.5, 0.6) is 5.75 Å². The lowest BCUT2D eigenvalue weighted by Crippen LogP contribution is -2.05. The summed E-state index contributed by atoms with van der Waals surface area (Å²) in [6.45, 7) is 6.37. The third kappa shape index (κ3) is 3.86. The lowest BCUT2D eigenvalue weighted by molar-refractivity contribution is -0.116. The van der Waals surface area contributed by atoms with Gasteiger partial charge < -0.3 is 4.74 Å². The highest BCUT2D eigenvalue weighted by atomic mass is 35.5. The quantitative estimate of drug-likeness (QED) is 0.736. The number of hydrogen-bond acceptors (Lipinski definition) is 2. The lowest BCUT2D eigenvalue weighted by Gasteiger charge is -2.10. The fraction of sp³-hybridized carbons (Fsp3) is 0.462. The van der Waals surface area contributed by atoms with Gasteiger partial charge in [-0.25, -0.2) is 0 Å². The molecule has 0 aliphatic heterocycles. The highest BCUT2D eigenvalue weighted by Crippen LogP contribution is 2.23. The van der Waals surface area contributed by atoms with E-state index in [1.807, 2.05) is 24.3 Å². The van der Waals surface area contributed by atoms with Gasteiger partial charge in [0, 0.05) is 0 Å². The SMILES string of the molecule is CC(=O)C(Cl)c1ccc(OCC(C)C)cc1. The number of ether oxygens (including phenoxy) is 1. The molecule has 0 N–H and O–H groups in total. The summed E-state index contributed by atoms with van der Waals surface area (Å²) in [4.78, 5) is 11.1. The number of alkyl halides is 1. The van der Waals surface area contributed by atoms with E-state index in [2.05, 4.69) is 13.8 Å². The maximum Gasteiger partial charge on any atom is 0.152 e.